The van der Waals surface area contributed by atoms with Crippen molar-refractivity contribution in [2.75, 3.05) is 0 Å². The Morgan fingerprint density at radius 2 is 0.690 bits per heavy atom. The van der Waals surface area contributed by atoms with Gasteiger partial charge in [0.1, 0.15) is 0 Å². The van der Waals surface area contributed by atoms with Crippen LogP contribution in [-0.4, -0.2) is 0 Å². The van der Waals surface area contributed by atoms with Crippen LogP contribution >= 0.6 is 22.7 Å². The topological polar surface area (TPSA) is 0 Å². The summed E-state index contributed by atoms with van der Waals surface area (Å²) in [7, 11) is 0. The van der Waals surface area contributed by atoms with E-state index in [-0.39, 0.29) is 0 Å². The molecule has 0 spiro atoms. The third-order valence-corrected chi connectivity index (χ3v) is 14.6. The molecule has 0 saturated carbocycles. The van der Waals surface area contributed by atoms with Crippen molar-refractivity contribution in [3.05, 3.63) is 194 Å². The SMILES string of the molecule is c1ccc2cc(-c3c4ccccc4c(-c4ccc5cc(-c6cc7sc8cc9c(cc8c7c7ccccc67)sc6ccccc69)ccc5c4)c4ccccc34)ccc2c1. The maximum absolute atomic E-state index is 2.44. The summed E-state index contributed by atoms with van der Waals surface area (Å²) in [6, 6.07) is 72.7. The van der Waals surface area contributed by atoms with Gasteiger partial charge in [-0.2, -0.15) is 0 Å². The average molecular weight is 769 g/mol. The van der Waals surface area contributed by atoms with Crippen molar-refractivity contribution in [3.63, 3.8) is 0 Å². The molecule has 0 saturated heterocycles. The third kappa shape index (κ3) is 4.74. The van der Waals surface area contributed by atoms with Crippen molar-refractivity contribution in [1.82, 2.24) is 0 Å². The summed E-state index contributed by atoms with van der Waals surface area (Å²) < 4.78 is 5.40. The van der Waals surface area contributed by atoms with Gasteiger partial charge in [-0.3, -0.25) is 0 Å². The Morgan fingerprint density at radius 3 is 1.36 bits per heavy atom. The van der Waals surface area contributed by atoms with Crippen molar-refractivity contribution in [1.29, 1.82) is 0 Å². The predicted molar refractivity (Wildman–Crippen MR) is 256 cm³/mol. The van der Waals surface area contributed by atoms with Gasteiger partial charge >= 0.3 is 0 Å². The zero-order valence-corrected chi connectivity index (χ0v) is 32.9. The van der Waals surface area contributed by atoms with E-state index < -0.39 is 0 Å². The van der Waals surface area contributed by atoms with Crippen LogP contribution < -0.4 is 0 Å². The van der Waals surface area contributed by atoms with Gasteiger partial charge in [-0.25, -0.2) is 0 Å². The van der Waals surface area contributed by atoms with E-state index in [4.69, 9.17) is 0 Å². The van der Waals surface area contributed by atoms with Gasteiger partial charge in [-0.05, 0) is 130 Å². The predicted octanol–water partition coefficient (Wildman–Crippen LogP) is 17.2. The summed E-state index contributed by atoms with van der Waals surface area (Å²) in [5.74, 6) is 0. The summed E-state index contributed by atoms with van der Waals surface area (Å²) in [4.78, 5) is 0. The smallest absolute Gasteiger partial charge is 0.0368 e. The van der Waals surface area contributed by atoms with Gasteiger partial charge < -0.3 is 0 Å². The van der Waals surface area contributed by atoms with Crippen LogP contribution in [0.15, 0.2) is 194 Å². The van der Waals surface area contributed by atoms with Crippen LogP contribution in [0.25, 0.3) is 128 Å². The van der Waals surface area contributed by atoms with Crippen LogP contribution in [0, 0.1) is 0 Å². The highest BCUT2D eigenvalue weighted by molar-refractivity contribution is 7.27. The molecule has 2 aromatic heterocycles. The second kappa shape index (κ2) is 12.3. The normalized spacial score (nSPS) is 12.1. The third-order valence-electron chi connectivity index (χ3n) is 12.4. The minimum absolute atomic E-state index is 1.24. The molecule has 13 aromatic rings. The standard InChI is InChI=1S/C56H32S2/c1-2-12-34-28-38(25-21-33(34)11-1)54-43-16-5-7-18-45(43)55(46-19-8-6-17-44(46)54)39-26-23-35-27-37(24-22-36(35)29-39)47-30-53-56(42-15-4-3-13-40(42)47)49-32-51-48(31-52(49)58-53)41-14-9-10-20-50(41)57-51/h1-32H. The maximum Gasteiger partial charge on any atom is 0.0368 e. The molecule has 268 valence electrons. The number of benzene rings is 11. The van der Waals surface area contributed by atoms with Crippen molar-refractivity contribution < 1.29 is 0 Å². The van der Waals surface area contributed by atoms with Gasteiger partial charge in [-0.1, -0.05) is 152 Å². The molecule has 0 fully saturated rings. The molecule has 2 heterocycles. The second-order valence-corrected chi connectivity index (χ2v) is 17.7. The first-order valence-corrected chi connectivity index (χ1v) is 21.5. The molecular formula is C56H32S2. The molecule has 2 heteroatoms. The number of hydrogen-bond acceptors (Lipinski definition) is 2. The minimum atomic E-state index is 1.24. The quantitative estimate of drug-likeness (QED) is 0.157. The summed E-state index contributed by atoms with van der Waals surface area (Å²) in [6.07, 6.45) is 0. The van der Waals surface area contributed by atoms with Crippen LogP contribution in [0.5, 0.6) is 0 Å². The van der Waals surface area contributed by atoms with Gasteiger partial charge in [0.25, 0.3) is 0 Å². The molecule has 0 unspecified atom stereocenters. The Morgan fingerprint density at radius 1 is 0.241 bits per heavy atom. The number of fused-ring (bicyclic) bond motifs is 12. The van der Waals surface area contributed by atoms with Crippen molar-refractivity contribution in [2.45, 2.75) is 0 Å². The first kappa shape index (κ1) is 32.3. The molecule has 58 heavy (non-hydrogen) atoms. The van der Waals surface area contributed by atoms with Crippen LogP contribution in [0.2, 0.25) is 0 Å². The van der Waals surface area contributed by atoms with Crippen LogP contribution in [0.3, 0.4) is 0 Å². The van der Waals surface area contributed by atoms with Gasteiger partial charge in [0.2, 0.25) is 0 Å². The van der Waals surface area contributed by atoms with Gasteiger partial charge in [0.05, 0.1) is 0 Å². The van der Waals surface area contributed by atoms with E-state index in [0.29, 0.717) is 0 Å². The Balaban J connectivity index is 0.970. The zero-order chi connectivity index (χ0) is 37.9. The molecular weight excluding hydrogens is 737 g/mol. The Bertz CT molecular complexity index is 3800. The van der Waals surface area contributed by atoms with E-state index in [2.05, 4.69) is 194 Å². The molecule has 0 radical (unpaired) electrons. The summed E-state index contributed by atoms with van der Waals surface area (Å²) >= 11 is 3.82. The van der Waals surface area contributed by atoms with E-state index in [1.807, 2.05) is 22.7 Å². The lowest BCUT2D eigenvalue weighted by Crippen LogP contribution is -1.91. The van der Waals surface area contributed by atoms with E-state index in [0.717, 1.165) is 0 Å². The van der Waals surface area contributed by atoms with E-state index in [9.17, 15) is 0 Å². The summed E-state index contributed by atoms with van der Waals surface area (Å²) in [5.41, 5.74) is 7.60. The molecule has 11 aromatic carbocycles. The van der Waals surface area contributed by atoms with Gasteiger partial charge in [0, 0.05) is 40.3 Å². The first-order valence-electron chi connectivity index (χ1n) is 19.9. The number of hydrogen-bond donors (Lipinski definition) is 0. The lowest BCUT2D eigenvalue weighted by Gasteiger charge is -2.18. The van der Waals surface area contributed by atoms with Gasteiger partial charge in [-0.15, -0.1) is 22.7 Å². The number of thiophene rings is 2. The van der Waals surface area contributed by atoms with Crippen LogP contribution in [0.4, 0.5) is 0 Å². The summed E-state index contributed by atoms with van der Waals surface area (Å²) in [6.45, 7) is 0. The Labute approximate surface area is 342 Å². The molecule has 0 atom stereocenters. The summed E-state index contributed by atoms with van der Waals surface area (Å²) in [5, 5.41) is 18.2. The highest BCUT2D eigenvalue weighted by atomic mass is 32.1. The monoisotopic (exact) mass is 768 g/mol. The van der Waals surface area contributed by atoms with Crippen molar-refractivity contribution >= 4 is 117 Å². The fourth-order valence-electron chi connectivity index (χ4n) is 9.76. The maximum atomic E-state index is 2.44. The highest BCUT2D eigenvalue weighted by Gasteiger charge is 2.19. The lowest BCUT2D eigenvalue weighted by molar-refractivity contribution is 1.67. The average Bonchev–Trinajstić information content (AvgIpc) is 3.83. The first-order chi connectivity index (χ1) is 28.7. The molecule has 0 bridgehead atoms. The molecule has 0 nitrogen and oxygen atoms in total. The minimum Gasteiger partial charge on any atom is -0.135 e. The fraction of sp³-hybridized carbons (Fsp3) is 0. The highest BCUT2D eigenvalue weighted by Crippen LogP contribution is 2.48. The zero-order valence-electron chi connectivity index (χ0n) is 31.3. The molecule has 13 rings (SSSR count). The molecule has 0 N–H and O–H groups in total. The molecule has 0 aliphatic carbocycles. The van der Waals surface area contributed by atoms with E-state index >= 15 is 0 Å². The lowest BCUT2D eigenvalue weighted by atomic mass is 9.85. The van der Waals surface area contributed by atoms with Crippen LogP contribution in [-0.2, 0) is 0 Å². The fourth-order valence-corrected chi connectivity index (χ4v) is 12.1. The van der Waals surface area contributed by atoms with Crippen molar-refractivity contribution in [3.8, 4) is 33.4 Å². The van der Waals surface area contributed by atoms with Crippen molar-refractivity contribution in [2.24, 2.45) is 0 Å². The second-order valence-electron chi connectivity index (χ2n) is 15.6. The molecule has 0 aliphatic heterocycles. The Hall–Kier alpha value is -6.84. The van der Waals surface area contributed by atoms with Crippen LogP contribution in [0.1, 0.15) is 0 Å². The molecule has 0 amide bonds. The van der Waals surface area contributed by atoms with E-state index in [1.165, 1.54) is 128 Å². The van der Waals surface area contributed by atoms with Gasteiger partial charge in [0.15, 0.2) is 0 Å². The largest absolute Gasteiger partial charge is 0.135 e. The Kier molecular flexibility index (Phi) is 6.86. The number of rotatable bonds is 3. The molecule has 0 aliphatic rings. The van der Waals surface area contributed by atoms with E-state index in [1.54, 1.807) is 0 Å².